The van der Waals surface area contributed by atoms with E-state index in [2.05, 4.69) is 24.1 Å². The summed E-state index contributed by atoms with van der Waals surface area (Å²) < 4.78 is 35.9. The molecule has 0 saturated carbocycles. The van der Waals surface area contributed by atoms with Gasteiger partial charge in [-0.05, 0) is 62.2 Å². The smallest absolute Gasteiger partial charge is 0.243 e. The second kappa shape index (κ2) is 11.4. The molecule has 1 unspecified atom stereocenters. The number of amides is 1. The van der Waals surface area contributed by atoms with Gasteiger partial charge in [0.15, 0.2) is 0 Å². The molecule has 1 amide bonds. The molecule has 2 heterocycles. The summed E-state index contributed by atoms with van der Waals surface area (Å²) in [6.45, 7) is 8.35. The molecule has 1 N–H and O–H groups in total. The van der Waals surface area contributed by atoms with Gasteiger partial charge in [0.2, 0.25) is 15.9 Å². The summed E-state index contributed by atoms with van der Waals surface area (Å²) in [5, 5.41) is 5.17. The molecule has 0 bridgehead atoms. The van der Waals surface area contributed by atoms with Gasteiger partial charge in [-0.15, -0.1) is 0 Å². The third-order valence-corrected chi connectivity index (χ3v) is 9.77. The number of fused-ring (bicyclic) bond motifs is 1. The van der Waals surface area contributed by atoms with E-state index in [0.717, 1.165) is 47.8 Å². The van der Waals surface area contributed by atoms with Crippen LogP contribution in [0.2, 0.25) is 0 Å². The van der Waals surface area contributed by atoms with E-state index in [1.165, 1.54) is 0 Å². The lowest BCUT2D eigenvalue weighted by atomic mass is 9.89. The maximum Gasteiger partial charge on any atom is 0.243 e. The monoisotopic (exact) mass is 549 g/mol. The highest BCUT2D eigenvalue weighted by Gasteiger charge is 2.47. The number of sulfonamides is 1. The molecule has 2 saturated heterocycles. The Hall–Kier alpha value is -2.78. The Morgan fingerprint density at radius 2 is 1.79 bits per heavy atom. The molecule has 39 heavy (non-hydrogen) atoms. The van der Waals surface area contributed by atoms with Crippen molar-refractivity contribution < 1.29 is 17.9 Å². The molecule has 208 valence electrons. The number of aryl methyl sites for hydroxylation is 1. The molecule has 8 heteroatoms. The van der Waals surface area contributed by atoms with Crippen LogP contribution in [-0.4, -0.2) is 68.0 Å². The van der Waals surface area contributed by atoms with Gasteiger partial charge >= 0.3 is 0 Å². The Labute approximate surface area is 232 Å². The Balaban J connectivity index is 1.32. The number of piperidine rings is 1. The maximum atomic E-state index is 13.9. The van der Waals surface area contributed by atoms with Crippen molar-refractivity contribution in [3.8, 4) is 0 Å². The number of likely N-dealkylation sites (tertiary alicyclic amines) is 1. The summed E-state index contributed by atoms with van der Waals surface area (Å²) in [5.41, 5.74) is 1.19. The number of carbonyl (C=O) groups is 1. The summed E-state index contributed by atoms with van der Waals surface area (Å²) in [7, 11) is -3.70. The lowest BCUT2D eigenvalue weighted by Crippen LogP contribution is -2.64. The van der Waals surface area contributed by atoms with Crippen LogP contribution in [0.3, 0.4) is 0 Å². The van der Waals surface area contributed by atoms with Gasteiger partial charge in [0, 0.05) is 30.2 Å². The standard InChI is InChI=1S/C31H39N3O4S/c1-23(2)18-26-20-38-31(22-34(26)39(36,37)27-14-12-24(3)13-15-27)16-7-17-33(21-31)19-30(35)32-29-11-6-9-25-8-4-5-10-28(25)29/h4-6,8-15,23,26H,7,16-22H2,1-3H3,(H,32,35)/t26-,31?/m0/s1. The molecule has 1 spiro atoms. The van der Waals surface area contributed by atoms with Crippen molar-refractivity contribution >= 4 is 32.4 Å². The van der Waals surface area contributed by atoms with Gasteiger partial charge in [0.25, 0.3) is 0 Å². The first-order valence-electron chi connectivity index (χ1n) is 13.9. The number of benzene rings is 3. The first-order chi connectivity index (χ1) is 18.6. The van der Waals surface area contributed by atoms with Crippen molar-refractivity contribution in [2.75, 3.05) is 38.1 Å². The van der Waals surface area contributed by atoms with Crippen LogP contribution >= 0.6 is 0 Å². The average molecular weight is 550 g/mol. The van der Waals surface area contributed by atoms with Crippen LogP contribution in [0.1, 0.15) is 38.7 Å². The van der Waals surface area contributed by atoms with Crippen LogP contribution in [0.25, 0.3) is 10.8 Å². The third-order valence-electron chi connectivity index (χ3n) is 7.85. The van der Waals surface area contributed by atoms with E-state index in [-0.39, 0.29) is 18.5 Å². The second-order valence-corrected chi connectivity index (χ2v) is 13.4. The van der Waals surface area contributed by atoms with E-state index in [0.29, 0.717) is 30.5 Å². The Morgan fingerprint density at radius 3 is 2.56 bits per heavy atom. The van der Waals surface area contributed by atoms with E-state index in [4.69, 9.17) is 4.74 Å². The molecule has 3 aromatic carbocycles. The summed E-state index contributed by atoms with van der Waals surface area (Å²) in [5.74, 6) is 0.255. The van der Waals surface area contributed by atoms with E-state index in [9.17, 15) is 13.2 Å². The molecule has 0 radical (unpaired) electrons. The number of rotatable bonds is 7. The summed E-state index contributed by atoms with van der Waals surface area (Å²) in [6.07, 6.45) is 2.34. The molecule has 2 fully saturated rings. The van der Waals surface area contributed by atoms with E-state index in [1.54, 1.807) is 16.4 Å². The fourth-order valence-corrected chi connectivity index (χ4v) is 7.67. The van der Waals surface area contributed by atoms with Gasteiger partial charge in [0.1, 0.15) is 0 Å². The Morgan fingerprint density at radius 1 is 1.05 bits per heavy atom. The van der Waals surface area contributed by atoms with Gasteiger partial charge in [-0.3, -0.25) is 9.69 Å². The van der Waals surface area contributed by atoms with Crippen molar-refractivity contribution in [3.05, 3.63) is 72.3 Å². The van der Waals surface area contributed by atoms with Crippen LogP contribution in [-0.2, 0) is 19.6 Å². The lowest BCUT2D eigenvalue weighted by molar-refractivity contribution is -0.146. The van der Waals surface area contributed by atoms with Crippen LogP contribution in [0, 0.1) is 12.8 Å². The SMILES string of the molecule is Cc1ccc(S(=O)(=O)N2CC3(CCCN(CC(=O)Nc4cccc5ccccc45)C3)OC[C@@H]2CC(C)C)cc1. The zero-order chi connectivity index (χ0) is 27.6. The minimum Gasteiger partial charge on any atom is -0.371 e. The molecule has 5 rings (SSSR count). The van der Waals surface area contributed by atoms with Crippen LogP contribution in [0.15, 0.2) is 71.6 Å². The normalized spacial score (nSPS) is 22.9. The van der Waals surface area contributed by atoms with Crippen LogP contribution < -0.4 is 5.32 Å². The number of morpholine rings is 1. The van der Waals surface area contributed by atoms with Gasteiger partial charge in [-0.25, -0.2) is 8.42 Å². The van der Waals surface area contributed by atoms with Crippen molar-refractivity contribution in [2.45, 2.75) is 56.6 Å². The van der Waals surface area contributed by atoms with Gasteiger partial charge in [0.05, 0.1) is 23.6 Å². The maximum absolute atomic E-state index is 13.9. The molecular weight excluding hydrogens is 510 g/mol. The highest BCUT2D eigenvalue weighted by atomic mass is 32.2. The highest BCUT2D eigenvalue weighted by molar-refractivity contribution is 7.89. The quantitative estimate of drug-likeness (QED) is 0.446. The van der Waals surface area contributed by atoms with Crippen molar-refractivity contribution in [3.63, 3.8) is 0 Å². The van der Waals surface area contributed by atoms with Gasteiger partial charge in [-0.1, -0.05) is 67.9 Å². The molecule has 2 atom stereocenters. The van der Waals surface area contributed by atoms with Crippen molar-refractivity contribution in [2.24, 2.45) is 5.92 Å². The highest BCUT2D eigenvalue weighted by Crippen LogP contribution is 2.35. The Bertz CT molecular complexity index is 1420. The zero-order valence-electron chi connectivity index (χ0n) is 23.1. The van der Waals surface area contributed by atoms with Crippen LogP contribution in [0.5, 0.6) is 0 Å². The largest absolute Gasteiger partial charge is 0.371 e. The molecule has 0 aromatic heterocycles. The minimum atomic E-state index is -3.70. The fraction of sp³-hybridized carbons (Fsp3) is 0.452. The number of hydrogen-bond acceptors (Lipinski definition) is 5. The zero-order valence-corrected chi connectivity index (χ0v) is 23.9. The fourth-order valence-electron chi connectivity index (χ4n) is 5.97. The molecule has 2 aliphatic heterocycles. The molecule has 7 nitrogen and oxygen atoms in total. The average Bonchev–Trinajstić information content (AvgIpc) is 2.90. The molecule has 2 aliphatic rings. The second-order valence-electron chi connectivity index (χ2n) is 11.5. The van der Waals surface area contributed by atoms with E-state index in [1.807, 2.05) is 61.5 Å². The lowest BCUT2D eigenvalue weighted by Gasteiger charge is -2.50. The number of carbonyl (C=O) groups excluding carboxylic acids is 1. The Kier molecular flexibility index (Phi) is 8.10. The van der Waals surface area contributed by atoms with Gasteiger partial charge < -0.3 is 10.1 Å². The number of nitrogens with zero attached hydrogens (tertiary/aromatic N) is 2. The summed E-state index contributed by atoms with van der Waals surface area (Å²) in [4.78, 5) is 15.5. The van der Waals surface area contributed by atoms with Gasteiger partial charge in [-0.2, -0.15) is 4.31 Å². The minimum absolute atomic E-state index is 0.0824. The first-order valence-corrected chi connectivity index (χ1v) is 15.3. The van der Waals surface area contributed by atoms with Crippen molar-refractivity contribution in [1.82, 2.24) is 9.21 Å². The van der Waals surface area contributed by atoms with E-state index < -0.39 is 15.6 Å². The molecular formula is C31H39N3O4S. The predicted octanol–water partition coefficient (Wildman–Crippen LogP) is 5.06. The van der Waals surface area contributed by atoms with E-state index >= 15 is 0 Å². The topological polar surface area (TPSA) is 79.0 Å². The number of anilines is 1. The number of nitrogens with one attached hydrogen (secondary N) is 1. The van der Waals surface area contributed by atoms with Crippen molar-refractivity contribution in [1.29, 1.82) is 0 Å². The molecule has 0 aliphatic carbocycles. The summed E-state index contributed by atoms with van der Waals surface area (Å²) in [6, 6.07) is 20.8. The van der Waals surface area contributed by atoms with Crippen LogP contribution in [0.4, 0.5) is 5.69 Å². The predicted molar refractivity (Wildman–Crippen MR) is 155 cm³/mol. The number of hydrogen-bond donors (Lipinski definition) is 1. The summed E-state index contributed by atoms with van der Waals surface area (Å²) >= 11 is 0. The third kappa shape index (κ3) is 6.19. The molecule has 3 aromatic rings. The first kappa shape index (κ1) is 27.8. The number of ether oxygens (including phenoxy) is 1.